The summed E-state index contributed by atoms with van der Waals surface area (Å²) in [5, 5.41) is 2.30. The van der Waals surface area contributed by atoms with E-state index >= 15 is 0 Å². The van der Waals surface area contributed by atoms with Crippen molar-refractivity contribution in [2.75, 3.05) is 6.61 Å². The number of aromatic nitrogens is 3. The Balaban J connectivity index is 1.33. The third-order valence-corrected chi connectivity index (χ3v) is 8.48. The van der Waals surface area contributed by atoms with Gasteiger partial charge in [0.05, 0.1) is 40.0 Å². The zero-order valence-corrected chi connectivity index (χ0v) is 26.6. The van der Waals surface area contributed by atoms with Crippen LogP contribution in [0.2, 0.25) is 5.02 Å². The van der Waals surface area contributed by atoms with Crippen LogP contribution < -0.4 is 10.1 Å². The minimum absolute atomic E-state index is 0.0746. The molecule has 8 nitrogen and oxygen atoms in total. The summed E-state index contributed by atoms with van der Waals surface area (Å²) in [5.41, 5.74) is 1.11. The van der Waals surface area contributed by atoms with E-state index in [0.29, 0.717) is 35.0 Å². The Labute approximate surface area is 272 Å². The van der Waals surface area contributed by atoms with E-state index < -0.39 is 30.1 Å². The first kappa shape index (κ1) is 34.7. The minimum Gasteiger partial charge on any atom is -0.484 e. The number of benzene rings is 1. The van der Waals surface area contributed by atoms with Crippen molar-refractivity contribution >= 4 is 40.2 Å². The van der Waals surface area contributed by atoms with Crippen LogP contribution in [-0.2, 0) is 22.3 Å². The van der Waals surface area contributed by atoms with Crippen LogP contribution in [0.25, 0.3) is 11.0 Å². The largest absolute Gasteiger partial charge is 0.523 e. The SMILES string of the molecule is CC1CC(n2c(N=C3C=CC(OC(F)(F)F)CC3)nc3cc(OCC(=O)NCc4ncc(C(F)(F)F)cc4Cl)ccc32)CC(C)(C)C1. The molecule has 1 amide bonds. The molecular formula is C32H34ClF6N5O3. The maximum absolute atomic E-state index is 12.9. The molecule has 1 aromatic carbocycles. The molecule has 47 heavy (non-hydrogen) atoms. The molecule has 1 saturated carbocycles. The van der Waals surface area contributed by atoms with Crippen molar-refractivity contribution in [3.05, 3.63) is 58.9 Å². The molecule has 0 bridgehead atoms. The van der Waals surface area contributed by atoms with Crippen molar-refractivity contribution in [3.63, 3.8) is 0 Å². The number of hydrogen-bond donors (Lipinski definition) is 1. The Bertz CT molecular complexity index is 1680. The maximum Gasteiger partial charge on any atom is 0.523 e. The second-order valence-corrected chi connectivity index (χ2v) is 13.2. The lowest BCUT2D eigenvalue weighted by Crippen LogP contribution is -2.29. The van der Waals surface area contributed by atoms with Crippen molar-refractivity contribution in [1.82, 2.24) is 19.9 Å². The van der Waals surface area contributed by atoms with Crippen LogP contribution in [0.4, 0.5) is 32.3 Å². The molecule has 2 heterocycles. The molecule has 0 spiro atoms. The first-order valence-corrected chi connectivity index (χ1v) is 15.5. The molecule has 1 N–H and O–H groups in total. The fourth-order valence-corrected chi connectivity index (χ4v) is 6.63. The van der Waals surface area contributed by atoms with Crippen molar-refractivity contribution in [2.45, 2.75) is 84.1 Å². The van der Waals surface area contributed by atoms with Crippen LogP contribution in [0.1, 0.15) is 70.2 Å². The Morgan fingerprint density at radius 2 is 1.94 bits per heavy atom. The summed E-state index contributed by atoms with van der Waals surface area (Å²) in [6.45, 7) is 6.08. The number of alkyl halides is 6. The van der Waals surface area contributed by atoms with E-state index in [1.165, 1.54) is 12.2 Å². The highest BCUT2D eigenvalue weighted by atomic mass is 35.5. The number of aliphatic imine (C=N–C) groups is 1. The summed E-state index contributed by atoms with van der Waals surface area (Å²) < 4.78 is 88.6. The van der Waals surface area contributed by atoms with Gasteiger partial charge < -0.3 is 14.6 Å². The Morgan fingerprint density at radius 3 is 2.57 bits per heavy atom. The van der Waals surface area contributed by atoms with E-state index in [1.807, 2.05) is 6.07 Å². The third kappa shape index (κ3) is 9.04. The number of halogens is 7. The summed E-state index contributed by atoms with van der Waals surface area (Å²) in [6, 6.07) is 6.05. The fourth-order valence-electron chi connectivity index (χ4n) is 6.40. The maximum atomic E-state index is 12.9. The number of nitrogens with one attached hydrogen (secondary N) is 1. The van der Waals surface area contributed by atoms with E-state index in [4.69, 9.17) is 26.3 Å². The highest BCUT2D eigenvalue weighted by Gasteiger charge is 2.36. The quantitative estimate of drug-likeness (QED) is 0.240. The zero-order chi connectivity index (χ0) is 34.1. The summed E-state index contributed by atoms with van der Waals surface area (Å²) in [5.74, 6) is 0.686. The molecule has 0 saturated heterocycles. The predicted molar refractivity (Wildman–Crippen MR) is 164 cm³/mol. The van der Waals surface area contributed by atoms with Crippen LogP contribution in [0.3, 0.4) is 0 Å². The second-order valence-electron chi connectivity index (χ2n) is 12.8. The number of ether oxygens (including phenoxy) is 2. The molecule has 5 rings (SSSR count). The number of rotatable bonds is 8. The lowest BCUT2D eigenvalue weighted by atomic mass is 9.70. The second kappa shape index (κ2) is 13.5. The van der Waals surface area contributed by atoms with E-state index in [1.54, 1.807) is 12.1 Å². The number of nitrogens with zero attached hydrogens (tertiary/aromatic N) is 4. The van der Waals surface area contributed by atoms with Crippen LogP contribution in [-0.4, -0.2) is 45.2 Å². The number of hydrogen-bond acceptors (Lipinski definition) is 6. The molecule has 1 fully saturated rings. The smallest absolute Gasteiger partial charge is 0.484 e. The predicted octanol–water partition coefficient (Wildman–Crippen LogP) is 8.51. The van der Waals surface area contributed by atoms with Gasteiger partial charge in [-0.25, -0.2) is 9.98 Å². The third-order valence-electron chi connectivity index (χ3n) is 8.16. The van der Waals surface area contributed by atoms with Crippen molar-refractivity contribution in [1.29, 1.82) is 0 Å². The Morgan fingerprint density at radius 1 is 1.17 bits per heavy atom. The Hall–Kier alpha value is -3.65. The lowest BCUT2D eigenvalue weighted by molar-refractivity contribution is -0.336. The van der Waals surface area contributed by atoms with E-state index in [0.717, 1.165) is 30.8 Å². The van der Waals surface area contributed by atoms with Crippen molar-refractivity contribution < 1.29 is 40.6 Å². The normalized spacial score (nSPS) is 22.5. The standard InChI is InChI=1S/C32H34ClF6N5O3/c1-18-10-21(14-30(2,3)13-18)44-27-9-8-23(46-17-28(45)41-16-26-24(33)11-19(15-40-26)31(34,35)36)12-25(27)43-29(44)42-20-4-6-22(7-5-20)47-32(37,38)39/h4,6,8-9,11-12,15,18,21-22H,5,7,10,13-14,16-17H2,1-3H3,(H,41,45). The van der Waals surface area contributed by atoms with Gasteiger partial charge in [0, 0.05) is 24.0 Å². The lowest BCUT2D eigenvalue weighted by Gasteiger charge is -2.40. The van der Waals surface area contributed by atoms with Crippen molar-refractivity contribution in [2.24, 2.45) is 16.3 Å². The molecule has 0 aliphatic heterocycles. The number of fused-ring (bicyclic) bond motifs is 1. The van der Waals surface area contributed by atoms with Crippen molar-refractivity contribution in [3.8, 4) is 5.75 Å². The topological polar surface area (TPSA) is 90.6 Å². The van der Waals surface area contributed by atoms with E-state index in [2.05, 4.69) is 40.4 Å². The first-order valence-electron chi connectivity index (χ1n) is 15.1. The van der Waals surface area contributed by atoms with Gasteiger partial charge in [-0.15, -0.1) is 13.2 Å². The summed E-state index contributed by atoms with van der Waals surface area (Å²) in [7, 11) is 0. The van der Waals surface area contributed by atoms with Gasteiger partial charge in [0.2, 0.25) is 5.95 Å². The van der Waals surface area contributed by atoms with Gasteiger partial charge in [0.25, 0.3) is 5.91 Å². The monoisotopic (exact) mass is 685 g/mol. The van der Waals surface area contributed by atoms with Crippen LogP contribution >= 0.6 is 11.6 Å². The molecule has 3 aromatic rings. The molecule has 2 aliphatic carbocycles. The van der Waals surface area contributed by atoms with Gasteiger partial charge in [-0.1, -0.05) is 38.4 Å². The van der Waals surface area contributed by atoms with E-state index in [9.17, 15) is 31.1 Å². The number of allylic oxidation sites excluding steroid dienone is 1. The van der Waals surface area contributed by atoms with Gasteiger partial charge in [-0.2, -0.15) is 13.2 Å². The molecule has 0 radical (unpaired) electrons. The summed E-state index contributed by atoms with van der Waals surface area (Å²) in [4.78, 5) is 25.7. The van der Waals surface area contributed by atoms with Gasteiger partial charge in [0.15, 0.2) is 6.61 Å². The van der Waals surface area contributed by atoms with Gasteiger partial charge in [-0.3, -0.25) is 14.5 Å². The summed E-state index contributed by atoms with van der Waals surface area (Å²) >= 11 is 5.92. The molecule has 3 unspecified atom stereocenters. The Kier molecular flexibility index (Phi) is 9.93. The van der Waals surface area contributed by atoms with Gasteiger partial charge in [-0.05, 0) is 67.7 Å². The average Bonchev–Trinajstić information content (AvgIpc) is 3.31. The minimum atomic E-state index is -4.72. The number of imidazole rings is 1. The van der Waals surface area contributed by atoms with Crippen LogP contribution in [0.15, 0.2) is 47.6 Å². The highest BCUT2D eigenvalue weighted by Crippen LogP contribution is 2.46. The average molecular weight is 686 g/mol. The van der Waals surface area contributed by atoms with Gasteiger partial charge >= 0.3 is 12.5 Å². The van der Waals surface area contributed by atoms with E-state index in [-0.39, 0.29) is 48.2 Å². The number of carbonyl (C=O) groups is 1. The highest BCUT2D eigenvalue weighted by molar-refractivity contribution is 6.31. The van der Waals surface area contributed by atoms with Gasteiger partial charge in [0.1, 0.15) is 5.75 Å². The molecule has 15 heteroatoms. The van der Waals surface area contributed by atoms with Crippen LogP contribution in [0.5, 0.6) is 5.75 Å². The first-order chi connectivity index (χ1) is 22.0. The number of amides is 1. The summed E-state index contributed by atoms with van der Waals surface area (Å²) in [6.07, 6.45) is -3.58. The molecule has 2 aromatic heterocycles. The molecular weight excluding hydrogens is 652 g/mol. The number of pyridine rings is 1. The number of carbonyl (C=O) groups excluding carboxylic acids is 1. The molecule has 2 aliphatic rings. The van der Waals surface area contributed by atoms with Crippen LogP contribution in [0, 0.1) is 11.3 Å². The molecule has 3 atom stereocenters. The molecule has 254 valence electrons. The zero-order valence-electron chi connectivity index (χ0n) is 25.9. The fraction of sp³-hybridized carbons (Fsp3) is 0.500.